The third-order valence-corrected chi connectivity index (χ3v) is 3.79. The Morgan fingerprint density at radius 3 is 2.55 bits per heavy atom. The summed E-state index contributed by atoms with van der Waals surface area (Å²) in [6, 6.07) is 4.15. The average molecular weight is 271 g/mol. The van der Waals surface area contributed by atoms with Crippen LogP contribution in [-0.4, -0.2) is 42.6 Å². The van der Waals surface area contributed by atoms with E-state index in [4.69, 9.17) is 0 Å². The van der Waals surface area contributed by atoms with Gasteiger partial charge in [-0.05, 0) is 32.0 Å². The van der Waals surface area contributed by atoms with Crippen molar-refractivity contribution in [2.75, 3.05) is 37.6 Å². The number of anilines is 1. The van der Waals surface area contributed by atoms with Gasteiger partial charge in [0.1, 0.15) is 5.82 Å². The van der Waals surface area contributed by atoms with Crippen molar-refractivity contribution in [3.05, 3.63) is 23.9 Å². The molecule has 0 radical (unpaired) electrons. The Morgan fingerprint density at radius 1 is 1.15 bits per heavy atom. The van der Waals surface area contributed by atoms with Gasteiger partial charge in [-0.25, -0.2) is 4.98 Å². The fraction of sp³-hybridized carbons (Fsp3) is 0.588. The van der Waals surface area contributed by atoms with Crippen molar-refractivity contribution in [2.45, 2.75) is 33.1 Å². The minimum absolute atomic E-state index is 0.995. The molecule has 3 heteroatoms. The number of aromatic nitrogens is 1. The van der Waals surface area contributed by atoms with E-state index < -0.39 is 0 Å². The van der Waals surface area contributed by atoms with Gasteiger partial charge in [0.25, 0.3) is 0 Å². The monoisotopic (exact) mass is 271 g/mol. The molecule has 0 aromatic carbocycles. The Hall–Kier alpha value is -1.53. The molecule has 1 saturated heterocycles. The molecule has 0 spiro atoms. The van der Waals surface area contributed by atoms with Gasteiger partial charge in [0.05, 0.1) is 0 Å². The first-order chi connectivity index (χ1) is 9.83. The smallest absolute Gasteiger partial charge is 0.128 e. The molecule has 2 rings (SSSR count). The van der Waals surface area contributed by atoms with Crippen LogP contribution in [0.2, 0.25) is 0 Å². The van der Waals surface area contributed by atoms with Gasteiger partial charge >= 0.3 is 0 Å². The maximum absolute atomic E-state index is 4.53. The number of pyridine rings is 1. The molecule has 1 aromatic rings. The van der Waals surface area contributed by atoms with Gasteiger partial charge in [0.15, 0.2) is 0 Å². The lowest BCUT2D eigenvalue weighted by Gasteiger charge is -2.35. The molecule has 0 amide bonds. The molecule has 20 heavy (non-hydrogen) atoms. The number of rotatable bonds is 5. The molecule has 2 heterocycles. The third kappa shape index (κ3) is 4.25. The molecule has 0 aliphatic carbocycles. The first-order valence-corrected chi connectivity index (χ1v) is 7.69. The van der Waals surface area contributed by atoms with Crippen molar-refractivity contribution in [3.63, 3.8) is 0 Å². The molecule has 0 saturated carbocycles. The van der Waals surface area contributed by atoms with E-state index in [2.05, 4.69) is 45.7 Å². The molecule has 0 N–H and O–H groups in total. The molecule has 0 unspecified atom stereocenters. The molecule has 1 aliphatic heterocycles. The van der Waals surface area contributed by atoms with Gasteiger partial charge < -0.3 is 4.90 Å². The summed E-state index contributed by atoms with van der Waals surface area (Å²) in [5.74, 6) is 7.02. The highest BCUT2D eigenvalue weighted by molar-refractivity contribution is 5.43. The average Bonchev–Trinajstić information content (AvgIpc) is 2.49. The van der Waals surface area contributed by atoms with Crippen LogP contribution in [0, 0.1) is 11.8 Å². The third-order valence-electron chi connectivity index (χ3n) is 3.79. The number of hydrogen-bond donors (Lipinski definition) is 0. The summed E-state index contributed by atoms with van der Waals surface area (Å²) in [7, 11) is 0. The van der Waals surface area contributed by atoms with Crippen LogP contribution < -0.4 is 4.90 Å². The summed E-state index contributed by atoms with van der Waals surface area (Å²) < 4.78 is 0. The van der Waals surface area contributed by atoms with Gasteiger partial charge in [-0.3, -0.25) is 4.90 Å². The zero-order chi connectivity index (χ0) is 14.2. The van der Waals surface area contributed by atoms with E-state index in [-0.39, 0.29) is 0 Å². The molecule has 1 fully saturated rings. The summed E-state index contributed by atoms with van der Waals surface area (Å²) in [5.41, 5.74) is 0.995. The second-order valence-electron chi connectivity index (χ2n) is 5.32. The van der Waals surface area contributed by atoms with Crippen LogP contribution in [0.1, 0.15) is 38.7 Å². The molecule has 0 bridgehead atoms. The summed E-state index contributed by atoms with van der Waals surface area (Å²) in [5, 5.41) is 0. The highest BCUT2D eigenvalue weighted by atomic mass is 15.3. The Kier molecular flexibility index (Phi) is 5.88. The predicted molar refractivity (Wildman–Crippen MR) is 85.0 cm³/mol. The predicted octanol–water partition coefficient (Wildman–Crippen LogP) is 2.77. The minimum atomic E-state index is 0.995. The largest absolute Gasteiger partial charge is 0.354 e. The number of unbranched alkanes of at least 4 members (excludes halogenated alkanes) is 2. The van der Waals surface area contributed by atoms with Crippen molar-refractivity contribution in [1.29, 1.82) is 0 Å². The normalized spacial score (nSPS) is 15.8. The Bertz CT molecular complexity index is 447. The van der Waals surface area contributed by atoms with Crippen LogP contribution in [0.5, 0.6) is 0 Å². The molecule has 3 nitrogen and oxygen atoms in total. The fourth-order valence-corrected chi connectivity index (χ4v) is 2.58. The maximum atomic E-state index is 4.53. The molecular formula is C17H25N3. The van der Waals surface area contributed by atoms with E-state index in [0.717, 1.165) is 37.6 Å². The van der Waals surface area contributed by atoms with E-state index in [1.165, 1.54) is 25.8 Å². The molecule has 1 aliphatic rings. The Balaban J connectivity index is 1.82. The van der Waals surface area contributed by atoms with E-state index in [1.54, 1.807) is 0 Å². The summed E-state index contributed by atoms with van der Waals surface area (Å²) >= 11 is 0. The van der Waals surface area contributed by atoms with Crippen LogP contribution in [0.15, 0.2) is 18.3 Å². The van der Waals surface area contributed by atoms with Gasteiger partial charge in [-0.15, -0.1) is 5.92 Å². The first-order valence-electron chi connectivity index (χ1n) is 7.69. The van der Waals surface area contributed by atoms with Gasteiger partial charge in [-0.1, -0.05) is 25.7 Å². The van der Waals surface area contributed by atoms with Crippen LogP contribution >= 0.6 is 0 Å². The summed E-state index contributed by atoms with van der Waals surface area (Å²) in [6.45, 7) is 9.83. The Labute approximate surface area is 123 Å². The second-order valence-corrected chi connectivity index (χ2v) is 5.32. The lowest BCUT2D eigenvalue weighted by molar-refractivity contribution is 0.252. The lowest BCUT2D eigenvalue weighted by atomic mass is 10.2. The topological polar surface area (TPSA) is 19.4 Å². The van der Waals surface area contributed by atoms with Crippen LogP contribution in [0.4, 0.5) is 5.82 Å². The van der Waals surface area contributed by atoms with Crippen molar-refractivity contribution >= 4 is 5.82 Å². The quantitative estimate of drug-likeness (QED) is 0.606. The van der Waals surface area contributed by atoms with Crippen molar-refractivity contribution in [3.8, 4) is 11.8 Å². The number of hydrogen-bond acceptors (Lipinski definition) is 3. The van der Waals surface area contributed by atoms with Crippen LogP contribution in [0.25, 0.3) is 0 Å². The first kappa shape index (κ1) is 14.9. The van der Waals surface area contributed by atoms with Crippen molar-refractivity contribution in [1.82, 2.24) is 9.88 Å². The summed E-state index contributed by atoms with van der Waals surface area (Å²) in [6.07, 6.45) is 5.86. The van der Waals surface area contributed by atoms with Gasteiger partial charge in [-0.2, -0.15) is 0 Å². The molecule has 1 aromatic heterocycles. The number of piperazine rings is 1. The minimum Gasteiger partial charge on any atom is -0.354 e. The van der Waals surface area contributed by atoms with Crippen LogP contribution in [-0.2, 0) is 0 Å². The SMILES string of the molecule is CC#Cc1ccc(N2CCN(CCCCC)CC2)nc1. The van der Waals surface area contributed by atoms with Crippen molar-refractivity contribution in [2.24, 2.45) is 0 Å². The zero-order valence-corrected chi connectivity index (χ0v) is 12.7. The van der Waals surface area contributed by atoms with E-state index >= 15 is 0 Å². The maximum Gasteiger partial charge on any atom is 0.128 e. The standard InChI is InChI=1S/C17H25N3/c1-3-5-6-10-19-11-13-20(14-12-19)17-9-8-16(7-4-2)15-18-17/h8-9,15H,3,5-6,10-14H2,1-2H3. The van der Waals surface area contributed by atoms with E-state index in [9.17, 15) is 0 Å². The van der Waals surface area contributed by atoms with Crippen LogP contribution in [0.3, 0.4) is 0 Å². The highest BCUT2D eigenvalue weighted by Crippen LogP contribution is 2.14. The van der Waals surface area contributed by atoms with E-state index in [1.807, 2.05) is 13.1 Å². The second kappa shape index (κ2) is 7.91. The lowest BCUT2D eigenvalue weighted by Crippen LogP contribution is -2.46. The highest BCUT2D eigenvalue weighted by Gasteiger charge is 2.17. The fourth-order valence-electron chi connectivity index (χ4n) is 2.58. The van der Waals surface area contributed by atoms with Crippen molar-refractivity contribution < 1.29 is 0 Å². The van der Waals surface area contributed by atoms with Gasteiger partial charge in [0, 0.05) is 37.9 Å². The summed E-state index contributed by atoms with van der Waals surface area (Å²) in [4.78, 5) is 9.47. The van der Waals surface area contributed by atoms with E-state index in [0.29, 0.717) is 0 Å². The van der Waals surface area contributed by atoms with Gasteiger partial charge in [0.2, 0.25) is 0 Å². The molecular weight excluding hydrogens is 246 g/mol. The zero-order valence-electron chi connectivity index (χ0n) is 12.7. The molecule has 0 atom stereocenters. The number of nitrogens with zero attached hydrogens (tertiary/aromatic N) is 3. The molecule has 108 valence electrons. The Morgan fingerprint density at radius 2 is 1.95 bits per heavy atom.